The zero-order valence-corrected chi connectivity index (χ0v) is 23.6. The molecule has 0 radical (unpaired) electrons. The van der Waals surface area contributed by atoms with Gasteiger partial charge in [-0.25, -0.2) is 0 Å². The van der Waals surface area contributed by atoms with Gasteiger partial charge in [0.15, 0.2) is 23.1 Å². The molecular weight excluding hydrogens is 540 g/mol. The third-order valence-electron chi connectivity index (χ3n) is 12.9. The van der Waals surface area contributed by atoms with Gasteiger partial charge in [-0.1, -0.05) is 6.92 Å². The number of ketones is 2. The van der Waals surface area contributed by atoms with Crippen molar-refractivity contribution >= 4 is 23.5 Å². The first-order valence-electron chi connectivity index (χ1n) is 14.7. The predicted molar refractivity (Wildman–Crippen MR) is 130 cm³/mol. The molecule has 0 amide bonds. The summed E-state index contributed by atoms with van der Waals surface area (Å²) >= 11 is 0. The van der Waals surface area contributed by atoms with Crippen molar-refractivity contribution in [3.05, 3.63) is 0 Å². The molecule has 9 fully saturated rings. The van der Waals surface area contributed by atoms with Gasteiger partial charge in [0.25, 0.3) is 0 Å². The Labute approximate surface area is 235 Å². The van der Waals surface area contributed by atoms with Crippen LogP contribution in [-0.4, -0.2) is 97.5 Å². The van der Waals surface area contributed by atoms with Crippen LogP contribution in [0.15, 0.2) is 0 Å². The van der Waals surface area contributed by atoms with Crippen LogP contribution < -0.4 is 0 Å². The van der Waals surface area contributed by atoms with Gasteiger partial charge < -0.3 is 38.6 Å². The summed E-state index contributed by atoms with van der Waals surface area (Å²) in [5.41, 5.74) is -10.8. The lowest BCUT2D eigenvalue weighted by Crippen LogP contribution is -2.75. The lowest BCUT2D eigenvalue weighted by atomic mass is 9.59. The minimum Gasteiger partial charge on any atom is -0.456 e. The van der Waals surface area contributed by atoms with E-state index in [9.17, 15) is 24.6 Å². The first-order valence-corrected chi connectivity index (χ1v) is 14.7. The Morgan fingerprint density at radius 3 is 2.37 bits per heavy atom. The molecule has 0 aromatic carbocycles. The van der Waals surface area contributed by atoms with Crippen molar-refractivity contribution in [2.75, 3.05) is 0 Å². The highest BCUT2D eigenvalue weighted by molar-refractivity contribution is 6.05. The van der Waals surface area contributed by atoms with Crippen LogP contribution in [0.25, 0.3) is 0 Å². The van der Waals surface area contributed by atoms with Gasteiger partial charge in [-0.05, 0) is 47.0 Å². The Morgan fingerprint density at radius 2 is 1.63 bits per heavy atom. The van der Waals surface area contributed by atoms with E-state index >= 15 is 4.79 Å². The molecule has 4 spiro atoms. The maximum Gasteiger partial charge on any atom is 0.311 e. The third kappa shape index (κ3) is 2.22. The molecule has 0 aromatic heterocycles. The van der Waals surface area contributed by atoms with E-state index in [2.05, 4.69) is 0 Å². The normalized spacial score (nSPS) is 63.8. The summed E-state index contributed by atoms with van der Waals surface area (Å²) in [4.78, 5) is 54.7. The van der Waals surface area contributed by atoms with Gasteiger partial charge in [0.05, 0.1) is 30.0 Å². The summed E-state index contributed by atoms with van der Waals surface area (Å²) in [5, 5.41) is 24.3. The second-order valence-corrected chi connectivity index (χ2v) is 15.0. The maximum absolute atomic E-state index is 15.0. The molecule has 9 aliphatic rings. The average Bonchev–Trinajstić information content (AvgIpc) is 3.34. The Kier molecular flexibility index (Phi) is 4.01. The molecule has 12 nitrogen and oxygen atoms in total. The highest BCUT2D eigenvalue weighted by Gasteiger charge is 2.96. The monoisotopic (exact) mass is 574 g/mol. The number of hydrogen-bond acceptors (Lipinski definition) is 12. The molecule has 7 saturated heterocycles. The summed E-state index contributed by atoms with van der Waals surface area (Å²) in [6, 6.07) is 0. The van der Waals surface area contributed by atoms with Gasteiger partial charge in [0.1, 0.15) is 29.0 Å². The number of rotatable bonds is 0. The van der Waals surface area contributed by atoms with Gasteiger partial charge in [-0.2, -0.15) is 0 Å². The van der Waals surface area contributed by atoms with Gasteiger partial charge in [0.2, 0.25) is 11.6 Å². The zero-order chi connectivity index (χ0) is 29.1. The molecule has 12 heteroatoms. The number of Topliss-reactive ketones (excluding diaryl/α,β-unsaturated/α-hetero) is 2. The number of hydrogen-bond donors (Lipinski definition) is 2. The summed E-state index contributed by atoms with van der Waals surface area (Å²) in [7, 11) is 0. The standard InChI is InChI=1S/C29H34O12/c1-11-16-17(36-18(11)31)27(35)19-23(4,20(32)24(27,5)34)6-7-25-10-26-12(22(2,3)37-13(26)9-15(30)39-26)8-14-28(25,38-14)21(33)29(19,40-16)41-25/h11-14,16-17,19,34-35H,6-10H2,1-5H3/t11-,12-,13+,14-,16+,17-,19+,23-,24-,25+,26+,27-,28+,29+/m0/s1. The topological polar surface area (TPSA) is 167 Å². The van der Waals surface area contributed by atoms with Crippen LogP contribution in [0, 0.1) is 23.2 Å². The van der Waals surface area contributed by atoms with Gasteiger partial charge in [0, 0.05) is 17.8 Å². The molecule has 7 aliphatic heterocycles. The van der Waals surface area contributed by atoms with Gasteiger partial charge in [-0.15, -0.1) is 0 Å². The quantitative estimate of drug-likeness (QED) is 0.291. The van der Waals surface area contributed by atoms with Crippen LogP contribution in [0.5, 0.6) is 0 Å². The number of carbonyl (C=O) groups is 4. The second-order valence-electron chi connectivity index (χ2n) is 15.0. The molecule has 0 unspecified atom stereocenters. The Hall–Kier alpha value is -1.96. The smallest absolute Gasteiger partial charge is 0.311 e. The van der Waals surface area contributed by atoms with Gasteiger partial charge >= 0.3 is 11.9 Å². The van der Waals surface area contributed by atoms with Crippen LogP contribution in [0.2, 0.25) is 0 Å². The molecule has 2 aliphatic carbocycles. The lowest BCUT2D eigenvalue weighted by Gasteiger charge is -2.54. The largest absolute Gasteiger partial charge is 0.456 e. The third-order valence-corrected chi connectivity index (χ3v) is 12.9. The maximum atomic E-state index is 15.0. The van der Waals surface area contributed by atoms with Crippen LogP contribution in [0.1, 0.15) is 66.7 Å². The van der Waals surface area contributed by atoms with Crippen molar-refractivity contribution in [1.29, 1.82) is 0 Å². The average molecular weight is 575 g/mol. The SMILES string of the molecule is C[C@@H]1C(=O)O[C@H]2[C@@H]1O[C@@]13O[C@]4(CC[C@]5(C)C(=O)[C@](C)(O)[C@@]2(O)[C@H]15)C[C@]12OC(=O)C[C@H]1OC(C)(C)[C@@H]2C[C@@H]1O[C@@]14C3=O. The second kappa shape index (κ2) is 6.44. The predicted octanol–water partition coefficient (Wildman–Crippen LogP) is -0.127. The van der Waals surface area contributed by atoms with Crippen molar-refractivity contribution in [2.45, 2.75) is 131 Å². The number of fused-ring (bicyclic) bond motifs is 2. The van der Waals surface area contributed by atoms with E-state index in [0.29, 0.717) is 6.42 Å². The molecule has 41 heavy (non-hydrogen) atoms. The van der Waals surface area contributed by atoms with Crippen molar-refractivity contribution in [2.24, 2.45) is 23.2 Å². The van der Waals surface area contributed by atoms with Crippen molar-refractivity contribution in [3.63, 3.8) is 0 Å². The molecule has 9 rings (SSSR count). The fraction of sp³-hybridized carbons (Fsp3) is 0.862. The van der Waals surface area contributed by atoms with Crippen LogP contribution in [-0.2, 0) is 47.6 Å². The van der Waals surface area contributed by atoms with E-state index in [1.165, 1.54) is 6.92 Å². The Bertz CT molecular complexity index is 1410. The Balaban J connectivity index is 1.28. The van der Waals surface area contributed by atoms with Crippen molar-refractivity contribution in [3.8, 4) is 0 Å². The fourth-order valence-corrected chi connectivity index (χ4v) is 11.2. The lowest BCUT2D eigenvalue weighted by molar-refractivity contribution is -0.370. The van der Waals surface area contributed by atoms with Crippen molar-refractivity contribution in [1.82, 2.24) is 0 Å². The number of ether oxygens (including phenoxy) is 6. The first-order chi connectivity index (χ1) is 19.0. The summed E-state index contributed by atoms with van der Waals surface area (Å²) in [6.07, 6.45) is -2.91. The molecule has 2 N–H and O–H groups in total. The molecule has 2 bridgehead atoms. The van der Waals surface area contributed by atoms with Gasteiger partial charge in [-0.3, -0.25) is 19.2 Å². The van der Waals surface area contributed by atoms with Crippen LogP contribution in [0.3, 0.4) is 0 Å². The summed E-state index contributed by atoms with van der Waals surface area (Å²) in [6.45, 7) is 8.29. The summed E-state index contributed by atoms with van der Waals surface area (Å²) < 4.78 is 38.1. The number of esters is 2. The minimum atomic E-state index is -2.38. The molecule has 222 valence electrons. The Morgan fingerprint density at radius 1 is 0.902 bits per heavy atom. The van der Waals surface area contributed by atoms with E-state index in [-0.39, 0.29) is 37.6 Å². The van der Waals surface area contributed by atoms with E-state index in [1.807, 2.05) is 13.8 Å². The van der Waals surface area contributed by atoms with E-state index in [4.69, 9.17) is 28.4 Å². The molecule has 0 aromatic rings. The molecular formula is C29H34O12. The molecule has 7 heterocycles. The number of carbonyl (C=O) groups excluding carboxylic acids is 4. The molecule has 2 saturated carbocycles. The van der Waals surface area contributed by atoms with Crippen LogP contribution in [0.4, 0.5) is 0 Å². The van der Waals surface area contributed by atoms with E-state index in [0.717, 1.165) is 0 Å². The van der Waals surface area contributed by atoms with Crippen molar-refractivity contribution < 1.29 is 57.8 Å². The van der Waals surface area contributed by atoms with E-state index in [1.54, 1.807) is 13.8 Å². The first kappa shape index (κ1) is 25.5. The molecule has 14 atom stereocenters. The number of epoxide rings is 1. The van der Waals surface area contributed by atoms with Crippen LogP contribution >= 0.6 is 0 Å². The highest BCUT2D eigenvalue weighted by Crippen LogP contribution is 2.77. The minimum absolute atomic E-state index is 0.0757. The number of aliphatic hydroxyl groups is 2. The van der Waals surface area contributed by atoms with E-state index < -0.39 is 98.6 Å². The summed E-state index contributed by atoms with van der Waals surface area (Å²) in [5.74, 6) is -7.08. The highest BCUT2D eigenvalue weighted by atomic mass is 16.8. The fourth-order valence-electron chi connectivity index (χ4n) is 11.2. The zero-order valence-electron chi connectivity index (χ0n) is 23.6.